The second-order valence-electron chi connectivity index (χ2n) is 9.09. The van der Waals surface area contributed by atoms with Crippen molar-refractivity contribution in [2.75, 3.05) is 40.0 Å². The quantitative estimate of drug-likeness (QED) is 0.633. The van der Waals surface area contributed by atoms with Crippen LogP contribution >= 0.6 is 0 Å². The minimum absolute atomic E-state index is 0.000657. The van der Waals surface area contributed by atoms with Crippen LogP contribution in [-0.4, -0.2) is 63.5 Å². The largest absolute Gasteiger partial charge is 0.495 e. The van der Waals surface area contributed by atoms with Crippen molar-refractivity contribution in [3.8, 4) is 5.75 Å². The molecule has 0 bridgehead atoms. The van der Waals surface area contributed by atoms with Crippen LogP contribution in [0.1, 0.15) is 36.7 Å². The van der Waals surface area contributed by atoms with Gasteiger partial charge >= 0.3 is 0 Å². The highest BCUT2D eigenvalue weighted by atomic mass is 32.2. The van der Waals surface area contributed by atoms with Crippen LogP contribution in [0, 0.1) is 5.41 Å². The Labute approximate surface area is 191 Å². The minimum Gasteiger partial charge on any atom is -0.495 e. The molecule has 0 spiro atoms. The van der Waals surface area contributed by atoms with Crippen molar-refractivity contribution in [3.05, 3.63) is 59.7 Å². The zero-order chi connectivity index (χ0) is 23.4. The molecule has 3 rings (SSSR count). The van der Waals surface area contributed by atoms with Crippen molar-refractivity contribution in [3.63, 3.8) is 0 Å². The first kappa shape index (κ1) is 24.2. The summed E-state index contributed by atoms with van der Waals surface area (Å²) in [6.45, 7) is 8.45. The lowest BCUT2D eigenvalue weighted by Gasteiger charge is -2.30. The summed E-state index contributed by atoms with van der Waals surface area (Å²) >= 11 is 0. The molecule has 0 atom stereocenters. The fourth-order valence-corrected chi connectivity index (χ4v) is 5.48. The zero-order valence-electron chi connectivity index (χ0n) is 19.2. The number of morpholine rings is 1. The molecule has 1 fully saturated rings. The van der Waals surface area contributed by atoms with Gasteiger partial charge in [-0.3, -0.25) is 4.79 Å². The molecule has 0 aliphatic carbocycles. The molecule has 0 unspecified atom stereocenters. The molecule has 0 radical (unpaired) electrons. The van der Waals surface area contributed by atoms with E-state index in [0.717, 1.165) is 5.56 Å². The Balaban J connectivity index is 2.01. The third kappa shape index (κ3) is 5.88. The smallest absolute Gasteiger partial charge is 0.254 e. The first-order valence-electron chi connectivity index (χ1n) is 10.7. The van der Waals surface area contributed by atoms with Crippen molar-refractivity contribution in [1.82, 2.24) is 9.21 Å². The number of nitrogens with zero attached hydrogens (tertiary/aromatic N) is 2. The van der Waals surface area contributed by atoms with Crippen LogP contribution in [0.3, 0.4) is 0 Å². The Hall–Kier alpha value is -2.42. The molecule has 0 N–H and O–H groups in total. The van der Waals surface area contributed by atoms with Crippen molar-refractivity contribution < 1.29 is 22.7 Å². The monoisotopic (exact) mass is 460 g/mol. The van der Waals surface area contributed by atoms with E-state index >= 15 is 0 Å². The lowest BCUT2D eigenvalue weighted by molar-refractivity contribution is 0.0302. The van der Waals surface area contributed by atoms with Gasteiger partial charge in [0.1, 0.15) is 10.6 Å². The van der Waals surface area contributed by atoms with E-state index in [1.807, 2.05) is 51.1 Å². The SMILES string of the molecule is COc1ccc(C(=O)N2CCOCC2)cc1S(=O)(=O)N(Cc1ccccc1)CC(C)(C)C. The summed E-state index contributed by atoms with van der Waals surface area (Å²) in [5.74, 6) is 0.00771. The summed E-state index contributed by atoms with van der Waals surface area (Å²) in [5.41, 5.74) is 0.942. The summed E-state index contributed by atoms with van der Waals surface area (Å²) in [6, 6.07) is 14.1. The topological polar surface area (TPSA) is 76.1 Å². The summed E-state index contributed by atoms with van der Waals surface area (Å²) in [5, 5.41) is 0. The summed E-state index contributed by atoms with van der Waals surface area (Å²) in [7, 11) is -2.52. The van der Waals surface area contributed by atoms with Crippen molar-refractivity contribution >= 4 is 15.9 Å². The van der Waals surface area contributed by atoms with Gasteiger partial charge in [-0.1, -0.05) is 51.1 Å². The van der Waals surface area contributed by atoms with Crippen molar-refractivity contribution in [2.45, 2.75) is 32.2 Å². The number of methoxy groups -OCH3 is 1. The molecule has 2 aromatic rings. The number of ether oxygens (including phenoxy) is 2. The number of carbonyl (C=O) groups excluding carboxylic acids is 1. The van der Waals surface area contributed by atoms with Gasteiger partial charge in [-0.15, -0.1) is 0 Å². The van der Waals surface area contributed by atoms with E-state index in [1.165, 1.54) is 17.5 Å². The molecular formula is C24H32N2O5S. The van der Waals surface area contributed by atoms with Crippen LogP contribution < -0.4 is 4.74 Å². The molecule has 1 aliphatic rings. The molecule has 2 aromatic carbocycles. The third-order valence-electron chi connectivity index (χ3n) is 5.18. The fourth-order valence-electron chi connectivity index (χ4n) is 3.64. The molecule has 174 valence electrons. The number of hydrogen-bond donors (Lipinski definition) is 0. The fraction of sp³-hybridized carbons (Fsp3) is 0.458. The van der Waals surface area contributed by atoms with E-state index in [4.69, 9.17) is 9.47 Å². The second-order valence-corrected chi connectivity index (χ2v) is 11.0. The highest BCUT2D eigenvalue weighted by molar-refractivity contribution is 7.89. The Kier molecular flexibility index (Phi) is 7.59. The lowest BCUT2D eigenvalue weighted by Crippen LogP contribution is -2.41. The number of hydrogen-bond acceptors (Lipinski definition) is 5. The maximum absolute atomic E-state index is 13.8. The van der Waals surface area contributed by atoms with E-state index in [0.29, 0.717) is 38.4 Å². The van der Waals surface area contributed by atoms with Crippen LogP contribution in [0.4, 0.5) is 0 Å². The Morgan fingerprint density at radius 2 is 1.75 bits per heavy atom. The van der Waals surface area contributed by atoms with Crippen LogP contribution in [0.25, 0.3) is 0 Å². The maximum atomic E-state index is 13.8. The van der Waals surface area contributed by atoms with Crippen molar-refractivity contribution in [1.29, 1.82) is 0 Å². The van der Waals surface area contributed by atoms with E-state index < -0.39 is 10.0 Å². The zero-order valence-corrected chi connectivity index (χ0v) is 20.0. The molecule has 7 nitrogen and oxygen atoms in total. The molecule has 0 aromatic heterocycles. The normalized spacial score (nSPS) is 15.1. The lowest BCUT2D eigenvalue weighted by atomic mass is 9.97. The molecule has 1 saturated heterocycles. The molecule has 1 amide bonds. The summed E-state index contributed by atoms with van der Waals surface area (Å²) < 4.78 is 39.9. The van der Waals surface area contributed by atoms with Gasteiger partial charge in [0.2, 0.25) is 10.0 Å². The van der Waals surface area contributed by atoms with Crippen LogP contribution in [0.2, 0.25) is 0 Å². The van der Waals surface area contributed by atoms with E-state index in [9.17, 15) is 13.2 Å². The number of amides is 1. The Bertz CT molecular complexity index is 1030. The molecule has 1 aliphatic heterocycles. The highest BCUT2D eigenvalue weighted by Gasteiger charge is 2.32. The van der Waals surface area contributed by atoms with Gasteiger partial charge in [0.15, 0.2) is 0 Å². The molecular weight excluding hydrogens is 428 g/mol. The van der Waals surface area contributed by atoms with Gasteiger partial charge in [-0.05, 0) is 29.2 Å². The summed E-state index contributed by atoms with van der Waals surface area (Å²) in [6.07, 6.45) is 0. The highest BCUT2D eigenvalue weighted by Crippen LogP contribution is 2.31. The summed E-state index contributed by atoms with van der Waals surface area (Å²) in [4.78, 5) is 14.7. The molecule has 1 heterocycles. The number of sulfonamides is 1. The number of benzene rings is 2. The molecule has 32 heavy (non-hydrogen) atoms. The van der Waals surface area contributed by atoms with Gasteiger partial charge < -0.3 is 14.4 Å². The Morgan fingerprint density at radius 1 is 1.09 bits per heavy atom. The van der Waals surface area contributed by atoms with Crippen LogP contribution in [-0.2, 0) is 21.3 Å². The van der Waals surface area contributed by atoms with Gasteiger partial charge in [0.25, 0.3) is 5.91 Å². The van der Waals surface area contributed by atoms with Gasteiger partial charge in [-0.2, -0.15) is 4.31 Å². The predicted molar refractivity (Wildman–Crippen MR) is 123 cm³/mol. The van der Waals surface area contributed by atoms with Crippen LogP contribution in [0.5, 0.6) is 5.75 Å². The van der Waals surface area contributed by atoms with Crippen LogP contribution in [0.15, 0.2) is 53.4 Å². The average molecular weight is 461 g/mol. The first-order chi connectivity index (χ1) is 15.1. The van der Waals surface area contributed by atoms with E-state index in [2.05, 4.69) is 0 Å². The molecule has 0 saturated carbocycles. The van der Waals surface area contributed by atoms with Gasteiger partial charge in [0.05, 0.1) is 20.3 Å². The average Bonchev–Trinajstić information content (AvgIpc) is 2.78. The molecule has 8 heteroatoms. The van der Waals surface area contributed by atoms with Crippen molar-refractivity contribution in [2.24, 2.45) is 5.41 Å². The predicted octanol–water partition coefficient (Wildman–Crippen LogP) is 3.40. The maximum Gasteiger partial charge on any atom is 0.254 e. The minimum atomic E-state index is -3.95. The number of rotatable bonds is 7. The number of carbonyl (C=O) groups is 1. The standard InChI is InChI=1S/C24H32N2O5S/c1-24(2,3)18-26(17-19-8-6-5-7-9-19)32(28,29)22-16-20(10-11-21(22)30-4)23(27)25-12-14-31-15-13-25/h5-11,16H,12-15,17-18H2,1-4H3. The Morgan fingerprint density at radius 3 is 2.34 bits per heavy atom. The first-order valence-corrected chi connectivity index (χ1v) is 12.1. The second kappa shape index (κ2) is 10.0. The van der Waals surface area contributed by atoms with E-state index in [-0.39, 0.29) is 28.5 Å². The van der Waals surface area contributed by atoms with E-state index in [1.54, 1.807) is 17.0 Å². The third-order valence-corrected chi connectivity index (χ3v) is 6.99. The van der Waals surface area contributed by atoms with Gasteiger partial charge in [-0.25, -0.2) is 8.42 Å². The van der Waals surface area contributed by atoms with Gasteiger partial charge in [0, 0.05) is 31.7 Å².